The second kappa shape index (κ2) is 9.22. The van der Waals surface area contributed by atoms with E-state index in [1.165, 1.54) is 0 Å². The van der Waals surface area contributed by atoms with E-state index in [9.17, 15) is 14.4 Å². The average Bonchev–Trinajstić information content (AvgIpc) is 2.79. The van der Waals surface area contributed by atoms with Crippen molar-refractivity contribution in [3.05, 3.63) is 83.9 Å². The second-order valence-corrected chi connectivity index (χ2v) is 7.22. The Morgan fingerprint density at radius 3 is 2.56 bits per heavy atom. The van der Waals surface area contributed by atoms with Crippen molar-refractivity contribution in [3.63, 3.8) is 0 Å². The summed E-state index contributed by atoms with van der Waals surface area (Å²) in [6.45, 7) is 0.198. The van der Waals surface area contributed by atoms with Crippen LogP contribution >= 0.6 is 0 Å². The Kier molecular flexibility index (Phi) is 6.03. The van der Waals surface area contributed by atoms with Gasteiger partial charge in [-0.15, -0.1) is 0 Å². The summed E-state index contributed by atoms with van der Waals surface area (Å²) >= 11 is 0. The van der Waals surface area contributed by atoms with Gasteiger partial charge in [-0.1, -0.05) is 18.2 Å². The van der Waals surface area contributed by atoms with Crippen molar-refractivity contribution in [2.75, 3.05) is 11.9 Å². The molecule has 162 valence electrons. The van der Waals surface area contributed by atoms with Crippen LogP contribution in [0.3, 0.4) is 0 Å². The number of Topliss-reactive ketones (excluding diaryl/α,β-unsaturated/α-hetero) is 1. The average molecular weight is 431 g/mol. The maximum atomic E-state index is 12.2. The van der Waals surface area contributed by atoms with Crippen molar-refractivity contribution >= 4 is 23.4 Å². The van der Waals surface area contributed by atoms with E-state index >= 15 is 0 Å². The first kappa shape index (κ1) is 20.9. The molecule has 0 aromatic heterocycles. The molecule has 1 heterocycles. The molecular formula is C24H21N3O5. The summed E-state index contributed by atoms with van der Waals surface area (Å²) in [6, 6.07) is 19.9. The number of carbonyl (C=O) groups is 3. The van der Waals surface area contributed by atoms with E-state index in [2.05, 4.69) is 10.6 Å². The normalized spacial score (nSPS) is 14.6. The van der Waals surface area contributed by atoms with Gasteiger partial charge in [-0.2, -0.15) is 0 Å². The number of benzene rings is 3. The van der Waals surface area contributed by atoms with Gasteiger partial charge >= 0.3 is 6.03 Å². The Morgan fingerprint density at radius 2 is 1.78 bits per heavy atom. The molecule has 0 spiro atoms. The standard InChI is InChI=1S/C24H21N3O5/c25-23(29)15-4-3-5-18(12-15)31-17-10-8-16(9-11-17)27-24(30)26-14-19-13-21(28)20-6-1-2-7-22(20)32-19/h1-12,19H,13-14H2,(H2,25,29)(H2,26,27,30). The molecule has 3 aromatic rings. The lowest BCUT2D eigenvalue weighted by atomic mass is 10.0. The van der Waals surface area contributed by atoms with Gasteiger partial charge in [0.2, 0.25) is 5.91 Å². The fourth-order valence-electron chi connectivity index (χ4n) is 3.29. The first-order valence-electron chi connectivity index (χ1n) is 9.99. The third-order valence-electron chi connectivity index (χ3n) is 4.85. The van der Waals surface area contributed by atoms with Crippen molar-refractivity contribution in [3.8, 4) is 17.2 Å². The van der Waals surface area contributed by atoms with E-state index in [1.54, 1.807) is 72.8 Å². The minimum Gasteiger partial charge on any atom is -0.487 e. The van der Waals surface area contributed by atoms with Gasteiger partial charge in [0.25, 0.3) is 0 Å². The Hall–Kier alpha value is -4.33. The lowest BCUT2D eigenvalue weighted by molar-refractivity contribution is 0.0851. The van der Waals surface area contributed by atoms with Gasteiger partial charge in [-0.3, -0.25) is 9.59 Å². The summed E-state index contributed by atoms with van der Waals surface area (Å²) < 4.78 is 11.5. The van der Waals surface area contributed by atoms with Crippen molar-refractivity contribution in [2.24, 2.45) is 5.73 Å². The number of para-hydroxylation sites is 1. The maximum Gasteiger partial charge on any atom is 0.319 e. The van der Waals surface area contributed by atoms with E-state index in [4.69, 9.17) is 15.2 Å². The highest BCUT2D eigenvalue weighted by Crippen LogP contribution is 2.27. The summed E-state index contributed by atoms with van der Waals surface area (Å²) in [6.07, 6.45) is -0.213. The largest absolute Gasteiger partial charge is 0.487 e. The van der Waals surface area contributed by atoms with Crippen LogP contribution in [0, 0.1) is 0 Å². The van der Waals surface area contributed by atoms with Crippen LogP contribution in [0.15, 0.2) is 72.8 Å². The number of ketones is 1. The number of nitrogens with two attached hydrogens (primary N) is 1. The monoisotopic (exact) mass is 431 g/mol. The molecule has 4 rings (SSSR count). The maximum absolute atomic E-state index is 12.2. The van der Waals surface area contributed by atoms with Crippen LogP contribution < -0.4 is 25.8 Å². The number of hydrogen-bond acceptors (Lipinski definition) is 5. The van der Waals surface area contributed by atoms with Crippen LogP contribution in [-0.4, -0.2) is 30.4 Å². The highest BCUT2D eigenvalue weighted by Gasteiger charge is 2.26. The minimum atomic E-state index is -0.534. The van der Waals surface area contributed by atoms with Crippen LogP contribution in [-0.2, 0) is 0 Å². The van der Waals surface area contributed by atoms with Crippen molar-refractivity contribution in [2.45, 2.75) is 12.5 Å². The third kappa shape index (κ3) is 5.04. The van der Waals surface area contributed by atoms with Gasteiger partial charge in [-0.05, 0) is 54.6 Å². The lowest BCUT2D eigenvalue weighted by Gasteiger charge is -2.25. The molecule has 0 saturated heterocycles. The van der Waals surface area contributed by atoms with E-state index in [1.807, 2.05) is 0 Å². The summed E-state index contributed by atoms with van der Waals surface area (Å²) in [5.74, 6) is 1.01. The fraction of sp³-hybridized carbons (Fsp3) is 0.125. The molecule has 32 heavy (non-hydrogen) atoms. The van der Waals surface area contributed by atoms with Crippen LogP contribution in [0.2, 0.25) is 0 Å². The van der Waals surface area contributed by atoms with E-state index in [0.717, 1.165) is 0 Å². The number of hydrogen-bond donors (Lipinski definition) is 3. The first-order chi connectivity index (χ1) is 15.5. The molecule has 4 N–H and O–H groups in total. The number of ether oxygens (including phenoxy) is 2. The number of amides is 3. The Morgan fingerprint density at radius 1 is 1.00 bits per heavy atom. The number of fused-ring (bicyclic) bond motifs is 1. The predicted octanol–water partition coefficient (Wildman–Crippen LogP) is 3.73. The zero-order chi connectivity index (χ0) is 22.5. The van der Waals surface area contributed by atoms with Gasteiger partial charge in [0, 0.05) is 17.7 Å². The van der Waals surface area contributed by atoms with Crippen molar-refractivity contribution in [1.29, 1.82) is 0 Å². The summed E-state index contributed by atoms with van der Waals surface area (Å²) in [7, 11) is 0. The molecular weight excluding hydrogens is 410 g/mol. The lowest BCUT2D eigenvalue weighted by Crippen LogP contribution is -2.40. The topological polar surface area (TPSA) is 120 Å². The van der Waals surface area contributed by atoms with Crippen LogP contribution in [0.5, 0.6) is 17.2 Å². The number of urea groups is 1. The first-order valence-corrected chi connectivity index (χ1v) is 9.99. The number of nitrogens with one attached hydrogen (secondary N) is 2. The quantitative estimate of drug-likeness (QED) is 0.549. The Labute approximate surface area is 184 Å². The summed E-state index contributed by atoms with van der Waals surface area (Å²) in [5, 5.41) is 5.44. The minimum absolute atomic E-state index is 0.00369. The molecule has 0 bridgehead atoms. The molecule has 8 nitrogen and oxygen atoms in total. The molecule has 1 aliphatic rings. The molecule has 1 unspecified atom stereocenters. The highest BCUT2D eigenvalue weighted by atomic mass is 16.5. The van der Waals surface area contributed by atoms with Gasteiger partial charge in [0.1, 0.15) is 23.4 Å². The van der Waals surface area contributed by atoms with E-state index in [0.29, 0.717) is 34.1 Å². The van der Waals surface area contributed by atoms with Crippen LogP contribution in [0.4, 0.5) is 10.5 Å². The van der Waals surface area contributed by atoms with Crippen molar-refractivity contribution in [1.82, 2.24) is 5.32 Å². The summed E-state index contributed by atoms with van der Waals surface area (Å²) in [4.78, 5) is 35.7. The molecule has 3 amide bonds. The Bertz CT molecular complexity index is 1160. The second-order valence-electron chi connectivity index (χ2n) is 7.22. The van der Waals surface area contributed by atoms with Crippen LogP contribution in [0.1, 0.15) is 27.1 Å². The number of primary amides is 1. The third-order valence-corrected chi connectivity index (χ3v) is 4.85. The van der Waals surface area contributed by atoms with E-state index in [-0.39, 0.29) is 18.7 Å². The number of rotatable bonds is 6. The van der Waals surface area contributed by atoms with Gasteiger partial charge < -0.3 is 25.8 Å². The zero-order valence-corrected chi connectivity index (χ0v) is 17.0. The predicted molar refractivity (Wildman–Crippen MR) is 118 cm³/mol. The van der Waals surface area contributed by atoms with Gasteiger partial charge in [0.05, 0.1) is 12.1 Å². The molecule has 0 fully saturated rings. The SMILES string of the molecule is NC(=O)c1cccc(Oc2ccc(NC(=O)NCC3CC(=O)c4ccccc4O3)cc2)c1. The number of anilines is 1. The molecule has 0 radical (unpaired) electrons. The van der Waals surface area contributed by atoms with E-state index < -0.39 is 18.0 Å². The number of carbonyl (C=O) groups excluding carboxylic acids is 3. The van der Waals surface area contributed by atoms with Gasteiger partial charge in [0.15, 0.2) is 5.78 Å². The van der Waals surface area contributed by atoms with Gasteiger partial charge in [-0.25, -0.2) is 4.79 Å². The van der Waals surface area contributed by atoms with Crippen molar-refractivity contribution < 1.29 is 23.9 Å². The molecule has 0 saturated carbocycles. The summed E-state index contributed by atoms with van der Waals surface area (Å²) in [5.41, 5.74) is 6.76. The molecule has 1 aliphatic heterocycles. The highest BCUT2D eigenvalue weighted by molar-refractivity contribution is 6.00. The molecule has 1 atom stereocenters. The molecule has 8 heteroatoms. The fourth-order valence-corrected chi connectivity index (χ4v) is 3.29. The van der Waals surface area contributed by atoms with Crippen LogP contribution in [0.25, 0.3) is 0 Å². The zero-order valence-electron chi connectivity index (χ0n) is 17.0. The molecule has 3 aromatic carbocycles. The Balaban J connectivity index is 1.28. The molecule has 0 aliphatic carbocycles. The smallest absolute Gasteiger partial charge is 0.319 e.